The summed E-state index contributed by atoms with van der Waals surface area (Å²) < 4.78 is 0. The van der Waals surface area contributed by atoms with E-state index in [1.54, 1.807) is 0 Å². The van der Waals surface area contributed by atoms with Crippen molar-refractivity contribution in [3.63, 3.8) is 0 Å². The molecule has 4 nitrogen and oxygen atoms in total. The van der Waals surface area contributed by atoms with Crippen LogP contribution < -0.4 is 10.8 Å². The predicted molar refractivity (Wildman–Crippen MR) is 45.5 cm³/mol. The predicted octanol–water partition coefficient (Wildman–Crippen LogP) is 1.18. The number of carbonyl (C=O) groups is 1. The first-order chi connectivity index (χ1) is 5.47. The molecule has 1 aliphatic rings. The molecule has 2 amide bonds. The van der Waals surface area contributed by atoms with Gasteiger partial charge in [0.05, 0.1) is 5.60 Å². The Hall–Kier alpha value is -0.770. The summed E-state index contributed by atoms with van der Waals surface area (Å²) in [5.41, 5.74) is 2.01. The van der Waals surface area contributed by atoms with Gasteiger partial charge < -0.3 is 5.32 Å². The summed E-state index contributed by atoms with van der Waals surface area (Å²) in [5, 5.41) is 2.75. The van der Waals surface area contributed by atoms with Crippen LogP contribution in [-0.2, 0) is 4.84 Å². The molecular weight excluding hydrogens is 156 g/mol. The molecular formula is C8H16N2O2. The van der Waals surface area contributed by atoms with Crippen LogP contribution in [0.1, 0.15) is 33.6 Å². The number of hydrogen-bond donors (Lipinski definition) is 2. The second-order valence-electron chi connectivity index (χ2n) is 4.06. The number of hydroxylamine groups is 1. The summed E-state index contributed by atoms with van der Waals surface area (Å²) >= 11 is 0. The van der Waals surface area contributed by atoms with E-state index in [2.05, 4.69) is 10.8 Å². The van der Waals surface area contributed by atoms with Gasteiger partial charge in [0.2, 0.25) is 0 Å². The molecule has 0 spiro atoms. The lowest BCUT2D eigenvalue weighted by Crippen LogP contribution is -2.41. The van der Waals surface area contributed by atoms with Crippen molar-refractivity contribution in [2.45, 2.75) is 45.3 Å². The minimum atomic E-state index is -0.332. The van der Waals surface area contributed by atoms with E-state index in [1.165, 1.54) is 0 Å². The van der Waals surface area contributed by atoms with Crippen LogP contribution in [0.2, 0.25) is 0 Å². The van der Waals surface area contributed by atoms with E-state index in [0.29, 0.717) is 6.04 Å². The maximum atomic E-state index is 11.0. The van der Waals surface area contributed by atoms with Crippen LogP contribution in [0, 0.1) is 0 Å². The van der Waals surface area contributed by atoms with Crippen LogP contribution in [0.4, 0.5) is 4.79 Å². The van der Waals surface area contributed by atoms with Crippen molar-refractivity contribution >= 4 is 6.03 Å². The third kappa shape index (κ3) is 4.18. The van der Waals surface area contributed by atoms with Crippen molar-refractivity contribution in [3.8, 4) is 0 Å². The van der Waals surface area contributed by atoms with Gasteiger partial charge in [-0.3, -0.25) is 4.84 Å². The summed E-state index contributed by atoms with van der Waals surface area (Å²) in [5.74, 6) is 0. The monoisotopic (exact) mass is 172 g/mol. The van der Waals surface area contributed by atoms with Crippen LogP contribution in [-0.4, -0.2) is 17.7 Å². The third-order valence-electron chi connectivity index (χ3n) is 1.36. The Morgan fingerprint density at radius 3 is 2.42 bits per heavy atom. The second-order valence-corrected chi connectivity index (χ2v) is 4.06. The fourth-order valence-corrected chi connectivity index (χ4v) is 0.642. The summed E-state index contributed by atoms with van der Waals surface area (Å²) in [7, 11) is 0. The molecule has 0 atom stereocenters. The lowest BCUT2D eigenvalue weighted by Gasteiger charge is -2.18. The topological polar surface area (TPSA) is 50.4 Å². The molecule has 0 aromatic carbocycles. The quantitative estimate of drug-likeness (QED) is 0.614. The van der Waals surface area contributed by atoms with Crippen molar-refractivity contribution in [1.29, 1.82) is 0 Å². The van der Waals surface area contributed by atoms with Gasteiger partial charge in [-0.25, -0.2) is 10.3 Å². The number of amides is 2. The average molecular weight is 172 g/mol. The second kappa shape index (κ2) is 3.31. The Kier molecular flexibility index (Phi) is 2.57. The molecule has 1 rings (SSSR count). The molecule has 0 unspecified atom stereocenters. The van der Waals surface area contributed by atoms with Crippen LogP contribution >= 0.6 is 0 Å². The smallest absolute Gasteiger partial charge is 0.334 e. The number of urea groups is 1. The van der Waals surface area contributed by atoms with Gasteiger partial charge in [-0.2, -0.15) is 0 Å². The SMILES string of the molecule is CC(C)(C)ONC(=O)NC1CC1. The zero-order valence-corrected chi connectivity index (χ0v) is 7.81. The van der Waals surface area contributed by atoms with E-state index in [0.717, 1.165) is 12.8 Å². The molecule has 0 heterocycles. The first kappa shape index (κ1) is 9.32. The molecule has 2 N–H and O–H groups in total. The first-order valence-corrected chi connectivity index (χ1v) is 4.22. The van der Waals surface area contributed by atoms with Crippen LogP contribution in [0.15, 0.2) is 0 Å². The van der Waals surface area contributed by atoms with Crippen LogP contribution in [0.5, 0.6) is 0 Å². The Balaban J connectivity index is 2.09. The van der Waals surface area contributed by atoms with E-state index in [-0.39, 0.29) is 11.6 Å². The van der Waals surface area contributed by atoms with E-state index in [4.69, 9.17) is 4.84 Å². The maximum absolute atomic E-state index is 11.0. The van der Waals surface area contributed by atoms with Gasteiger partial charge in [-0.1, -0.05) is 0 Å². The number of rotatable bonds is 2. The van der Waals surface area contributed by atoms with Crippen molar-refractivity contribution < 1.29 is 9.63 Å². The Bertz CT molecular complexity index is 170. The molecule has 0 bridgehead atoms. The molecule has 12 heavy (non-hydrogen) atoms. The van der Waals surface area contributed by atoms with Gasteiger partial charge in [0.25, 0.3) is 0 Å². The average Bonchev–Trinajstić information content (AvgIpc) is 2.66. The summed E-state index contributed by atoms with van der Waals surface area (Å²) in [6.07, 6.45) is 2.17. The fourth-order valence-electron chi connectivity index (χ4n) is 0.642. The van der Waals surface area contributed by atoms with Crippen LogP contribution in [0.25, 0.3) is 0 Å². The van der Waals surface area contributed by atoms with E-state index in [1.807, 2.05) is 20.8 Å². The highest BCUT2D eigenvalue weighted by Gasteiger charge is 2.23. The zero-order chi connectivity index (χ0) is 9.19. The third-order valence-corrected chi connectivity index (χ3v) is 1.36. The van der Waals surface area contributed by atoms with E-state index in [9.17, 15) is 4.79 Å². The summed E-state index contributed by atoms with van der Waals surface area (Å²) in [4.78, 5) is 16.1. The highest BCUT2D eigenvalue weighted by molar-refractivity contribution is 5.73. The lowest BCUT2D eigenvalue weighted by atomic mass is 10.2. The van der Waals surface area contributed by atoms with Crippen molar-refractivity contribution in [3.05, 3.63) is 0 Å². The molecule has 70 valence electrons. The maximum Gasteiger partial charge on any atom is 0.338 e. The lowest BCUT2D eigenvalue weighted by molar-refractivity contribution is -0.0529. The van der Waals surface area contributed by atoms with Gasteiger partial charge >= 0.3 is 6.03 Å². The molecule has 0 aromatic heterocycles. The fraction of sp³-hybridized carbons (Fsp3) is 0.875. The van der Waals surface area contributed by atoms with Gasteiger partial charge in [0.15, 0.2) is 0 Å². The van der Waals surface area contributed by atoms with Gasteiger partial charge in [-0.15, -0.1) is 0 Å². The Labute approximate surface area is 72.6 Å². The molecule has 0 saturated heterocycles. The zero-order valence-electron chi connectivity index (χ0n) is 7.81. The Morgan fingerprint density at radius 2 is 2.00 bits per heavy atom. The number of nitrogens with one attached hydrogen (secondary N) is 2. The van der Waals surface area contributed by atoms with Crippen molar-refractivity contribution in [1.82, 2.24) is 10.8 Å². The van der Waals surface area contributed by atoms with E-state index < -0.39 is 0 Å². The molecule has 1 saturated carbocycles. The van der Waals surface area contributed by atoms with Crippen LogP contribution in [0.3, 0.4) is 0 Å². The number of carbonyl (C=O) groups excluding carboxylic acids is 1. The van der Waals surface area contributed by atoms with Crippen molar-refractivity contribution in [2.75, 3.05) is 0 Å². The highest BCUT2D eigenvalue weighted by Crippen LogP contribution is 2.18. The molecule has 0 radical (unpaired) electrons. The molecule has 1 fully saturated rings. The summed E-state index contributed by atoms with van der Waals surface area (Å²) in [6, 6.07) is 0.126. The molecule has 0 aliphatic heterocycles. The van der Waals surface area contributed by atoms with Gasteiger partial charge in [-0.05, 0) is 33.6 Å². The normalized spacial score (nSPS) is 17.2. The molecule has 1 aliphatic carbocycles. The minimum Gasteiger partial charge on any atom is -0.334 e. The molecule has 0 aromatic rings. The van der Waals surface area contributed by atoms with Crippen molar-refractivity contribution in [2.24, 2.45) is 0 Å². The van der Waals surface area contributed by atoms with Gasteiger partial charge in [0.1, 0.15) is 0 Å². The van der Waals surface area contributed by atoms with Gasteiger partial charge in [0, 0.05) is 6.04 Å². The Morgan fingerprint density at radius 1 is 1.42 bits per heavy atom. The summed E-state index contributed by atoms with van der Waals surface area (Å²) in [6.45, 7) is 5.64. The highest BCUT2D eigenvalue weighted by atomic mass is 16.7. The largest absolute Gasteiger partial charge is 0.338 e. The first-order valence-electron chi connectivity index (χ1n) is 4.22. The minimum absolute atomic E-state index is 0.243. The molecule has 4 heteroatoms. The van der Waals surface area contributed by atoms with E-state index >= 15 is 0 Å². The standard InChI is InChI=1S/C8H16N2O2/c1-8(2,3)12-10-7(11)9-6-4-5-6/h6H,4-5H2,1-3H3,(H2,9,10,11). The number of hydrogen-bond acceptors (Lipinski definition) is 2.